The van der Waals surface area contributed by atoms with Gasteiger partial charge in [0, 0.05) is 11.3 Å². The van der Waals surface area contributed by atoms with E-state index in [2.05, 4.69) is 4.72 Å². The highest BCUT2D eigenvalue weighted by Crippen LogP contribution is 2.14. The van der Waals surface area contributed by atoms with Crippen molar-refractivity contribution in [2.75, 3.05) is 10.5 Å². The Morgan fingerprint density at radius 1 is 1.33 bits per heavy atom. The predicted octanol–water partition coefficient (Wildman–Crippen LogP) is 2.65. The molecule has 1 aromatic rings. The molecule has 0 aliphatic carbocycles. The van der Waals surface area contributed by atoms with Gasteiger partial charge in [-0.15, -0.1) is 11.6 Å². The Kier molecular flexibility index (Phi) is 5.16. The fourth-order valence-electron chi connectivity index (χ4n) is 1.43. The second kappa shape index (κ2) is 6.20. The average Bonchev–Trinajstić information content (AvgIpc) is 2.28. The molecule has 0 aliphatic heterocycles. The first kappa shape index (κ1) is 15.0. The summed E-state index contributed by atoms with van der Waals surface area (Å²) in [5.41, 5.74) is 0.915. The van der Waals surface area contributed by atoms with E-state index in [0.29, 0.717) is 17.7 Å². The molecule has 0 saturated heterocycles. The zero-order valence-corrected chi connectivity index (χ0v) is 11.9. The van der Waals surface area contributed by atoms with Gasteiger partial charge < -0.3 is 0 Å². The zero-order valence-electron chi connectivity index (χ0n) is 10.3. The van der Waals surface area contributed by atoms with Gasteiger partial charge >= 0.3 is 0 Å². The summed E-state index contributed by atoms with van der Waals surface area (Å²) in [4.78, 5) is 11.6. The SMILES string of the molecule is CCCS(=O)(=O)Nc1ccc(C(=O)C(C)Cl)cc1. The van der Waals surface area contributed by atoms with Crippen molar-refractivity contribution in [2.45, 2.75) is 25.6 Å². The Morgan fingerprint density at radius 2 is 1.89 bits per heavy atom. The first-order valence-corrected chi connectivity index (χ1v) is 7.73. The van der Waals surface area contributed by atoms with Crippen LogP contribution in [0.1, 0.15) is 30.6 Å². The molecule has 0 saturated carbocycles. The van der Waals surface area contributed by atoms with E-state index in [1.54, 1.807) is 38.1 Å². The van der Waals surface area contributed by atoms with Crippen molar-refractivity contribution in [2.24, 2.45) is 0 Å². The van der Waals surface area contributed by atoms with Crippen LogP contribution in [0, 0.1) is 0 Å². The molecular weight excluding hydrogens is 274 g/mol. The number of ketones is 1. The number of alkyl halides is 1. The molecule has 1 atom stereocenters. The molecular formula is C12H16ClNO3S. The molecule has 1 unspecified atom stereocenters. The van der Waals surface area contributed by atoms with Gasteiger partial charge in [-0.25, -0.2) is 8.42 Å². The van der Waals surface area contributed by atoms with E-state index >= 15 is 0 Å². The number of nitrogens with one attached hydrogen (secondary N) is 1. The highest BCUT2D eigenvalue weighted by molar-refractivity contribution is 7.92. The van der Waals surface area contributed by atoms with Crippen LogP contribution in [0.4, 0.5) is 5.69 Å². The summed E-state index contributed by atoms with van der Waals surface area (Å²) in [7, 11) is -3.30. The van der Waals surface area contributed by atoms with E-state index in [4.69, 9.17) is 11.6 Å². The first-order valence-electron chi connectivity index (χ1n) is 5.64. The predicted molar refractivity (Wildman–Crippen MR) is 73.8 cm³/mol. The van der Waals surface area contributed by atoms with Gasteiger partial charge in [0.2, 0.25) is 10.0 Å². The molecule has 0 spiro atoms. The van der Waals surface area contributed by atoms with Gasteiger partial charge in [-0.3, -0.25) is 9.52 Å². The smallest absolute Gasteiger partial charge is 0.232 e. The molecule has 1 aromatic carbocycles. The Labute approximate surface area is 112 Å². The molecule has 18 heavy (non-hydrogen) atoms. The van der Waals surface area contributed by atoms with Crippen molar-refractivity contribution in [1.29, 1.82) is 0 Å². The number of Topliss-reactive ketones (excluding diaryl/α,β-unsaturated/α-hetero) is 1. The van der Waals surface area contributed by atoms with E-state index in [1.807, 2.05) is 0 Å². The molecule has 1 rings (SSSR count). The van der Waals surface area contributed by atoms with E-state index in [1.165, 1.54) is 0 Å². The summed E-state index contributed by atoms with van der Waals surface area (Å²) in [6.07, 6.45) is 0.551. The van der Waals surface area contributed by atoms with E-state index in [-0.39, 0.29) is 11.5 Å². The number of hydrogen-bond acceptors (Lipinski definition) is 3. The number of rotatable bonds is 6. The van der Waals surface area contributed by atoms with Gasteiger partial charge in [0.15, 0.2) is 5.78 Å². The molecule has 4 nitrogen and oxygen atoms in total. The zero-order chi connectivity index (χ0) is 13.8. The number of benzene rings is 1. The largest absolute Gasteiger partial charge is 0.293 e. The van der Waals surface area contributed by atoms with E-state index < -0.39 is 15.4 Å². The molecule has 1 N–H and O–H groups in total. The fourth-order valence-corrected chi connectivity index (χ4v) is 2.69. The van der Waals surface area contributed by atoms with Crippen LogP contribution >= 0.6 is 11.6 Å². The summed E-state index contributed by atoms with van der Waals surface area (Å²) >= 11 is 5.69. The third kappa shape index (κ3) is 4.31. The lowest BCUT2D eigenvalue weighted by atomic mass is 10.1. The van der Waals surface area contributed by atoms with Crippen molar-refractivity contribution in [3.05, 3.63) is 29.8 Å². The molecule has 0 amide bonds. The van der Waals surface area contributed by atoms with Gasteiger partial charge in [-0.2, -0.15) is 0 Å². The number of sulfonamides is 1. The Hall–Kier alpha value is -1.07. The summed E-state index contributed by atoms with van der Waals surface area (Å²) < 4.78 is 25.5. The number of carbonyl (C=O) groups excluding carboxylic acids is 1. The van der Waals surface area contributed by atoms with Crippen molar-refractivity contribution in [3.8, 4) is 0 Å². The first-order chi connectivity index (χ1) is 8.35. The second-order valence-corrected chi connectivity index (χ2v) is 6.48. The van der Waals surface area contributed by atoms with Crippen molar-refractivity contribution in [1.82, 2.24) is 0 Å². The van der Waals surface area contributed by atoms with Gasteiger partial charge in [0.25, 0.3) is 0 Å². The van der Waals surface area contributed by atoms with Crippen LogP contribution in [0.15, 0.2) is 24.3 Å². The lowest BCUT2D eigenvalue weighted by Gasteiger charge is -2.08. The second-order valence-electron chi connectivity index (χ2n) is 3.98. The Balaban J connectivity index is 2.81. The molecule has 0 aromatic heterocycles. The van der Waals surface area contributed by atoms with Crippen molar-refractivity contribution < 1.29 is 13.2 Å². The van der Waals surface area contributed by atoms with Gasteiger partial charge in [-0.1, -0.05) is 6.92 Å². The van der Waals surface area contributed by atoms with Crippen LogP contribution in [-0.2, 0) is 10.0 Å². The minimum atomic E-state index is -3.30. The molecule has 100 valence electrons. The summed E-state index contributed by atoms with van der Waals surface area (Å²) in [5, 5.41) is -0.590. The van der Waals surface area contributed by atoms with Crippen LogP contribution < -0.4 is 4.72 Å². The molecule has 6 heteroatoms. The van der Waals surface area contributed by atoms with Crippen LogP contribution in [0.3, 0.4) is 0 Å². The minimum Gasteiger partial charge on any atom is -0.293 e. The Morgan fingerprint density at radius 3 is 2.33 bits per heavy atom. The Bertz CT molecular complexity index is 509. The molecule has 0 fully saturated rings. The van der Waals surface area contributed by atoms with Crippen LogP contribution in [0.25, 0.3) is 0 Å². The van der Waals surface area contributed by atoms with E-state index in [9.17, 15) is 13.2 Å². The minimum absolute atomic E-state index is 0.0758. The third-order valence-corrected chi connectivity index (χ3v) is 3.97. The normalized spacial score (nSPS) is 13.1. The summed E-state index contributed by atoms with van der Waals surface area (Å²) in [5.74, 6) is -0.105. The third-order valence-electron chi connectivity index (χ3n) is 2.28. The van der Waals surface area contributed by atoms with Gasteiger partial charge in [0.05, 0.1) is 11.1 Å². The van der Waals surface area contributed by atoms with Gasteiger partial charge in [-0.05, 0) is 37.6 Å². The lowest BCUT2D eigenvalue weighted by Crippen LogP contribution is -2.16. The van der Waals surface area contributed by atoms with Crippen LogP contribution in [0.2, 0.25) is 0 Å². The number of carbonyl (C=O) groups is 1. The maximum Gasteiger partial charge on any atom is 0.232 e. The maximum absolute atomic E-state index is 11.6. The quantitative estimate of drug-likeness (QED) is 0.647. The highest BCUT2D eigenvalue weighted by Gasteiger charge is 2.13. The standard InChI is InChI=1S/C12H16ClNO3S/c1-3-8-18(16,17)14-11-6-4-10(5-7-11)12(15)9(2)13/h4-7,9,14H,3,8H2,1-2H3. The van der Waals surface area contributed by atoms with Crippen molar-refractivity contribution >= 4 is 33.1 Å². The molecule has 0 bridgehead atoms. The number of anilines is 1. The topological polar surface area (TPSA) is 63.2 Å². The monoisotopic (exact) mass is 289 g/mol. The van der Waals surface area contributed by atoms with E-state index in [0.717, 1.165) is 0 Å². The summed E-state index contributed by atoms with van der Waals surface area (Å²) in [6, 6.07) is 6.23. The van der Waals surface area contributed by atoms with Gasteiger partial charge in [0.1, 0.15) is 0 Å². The van der Waals surface area contributed by atoms with Crippen LogP contribution in [0.5, 0.6) is 0 Å². The molecule has 0 radical (unpaired) electrons. The highest BCUT2D eigenvalue weighted by atomic mass is 35.5. The number of hydrogen-bond donors (Lipinski definition) is 1. The fraction of sp³-hybridized carbons (Fsp3) is 0.417. The average molecular weight is 290 g/mol. The van der Waals surface area contributed by atoms with Crippen molar-refractivity contribution in [3.63, 3.8) is 0 Å². The summed E-state index contributed by atoms with van der Waals surface area (Å²) in [6.45, 7) is 3.39. The molecule has 0 heterocycles. The maximum atomic E-state index is 11.6. The van der Waals surface area contributed by atoms with Crippen LogP contribution in [-0.4, -0.2) is 25.3 Å². The number of halogens is 1. The molecule has 0 aliphatic rings. The lowest BCUT2D eigenvalue weighted by molar-refractivity contribution is 0.0992.